The van der Waals surface area contributed by atoms with E-state index in [1.54, 1.807) is 11.4 Å². The Balaban J connectivity index is 1.55. The molecule has 5 rings (SSSR count). The molecular weight excluding hydrogens is 430 g/mol. The van der Waals surface area contributed by atoms with E-state index < -0.39 is 5.69 Å². The standard InChI is InChI=1S/C22H23N5O4S/c1-13-5-6-14(2)16(10-13)23-18(28)12-26-22(30)27-17-7-9-32-19(17)20(29)25(21(27)24-26)11-15-4-3-8-31-15/h5-7,9-10,15H,3-4,8,11-12H2,1-2H3,(H,23,28)/t15-/m0/s1. The number of nitrogens with zero attached hydrogens (tertiary/aromatic N) is 4. The van der Waals surface area contributed by atoms with Crippen LogP contribution in [-0.2, 0) is 22.6 Å². The topological polar surface area (TPSA) is 99.6 Å². The van der Waals surface area contributed by atoms with Gasteiger partial charge in [-0.3, -0.25) is 14.2 Å². The average Bonchev–Trinajstić information content (AvgIpc) is 3.49. The monoisotopic (exact) mass is 453 g/mol. The highest BCUT2D eigenvalue weighted by Gasteiger charge is 2.23. The van der Waals surface area contributed by atoms with Crippen LogP contribution in [0.3, 0.4) is 0 Å². The molecule has 0 bridgehead atoms. The minimum absolute atomic E-state index is 0.0956. The SMILES string of the molecule is Cc1ccc(C)c(NC(=O)Cn2nc3n(C[C@@H]4CCCO4)c(=O)c4sccc4n3c2=O)c1. The third-order valence-corrected chi connectivity index (χ3v) is 6.65. The Morgan fingerprint density at radius 1 is 1.28 bits per heavy atom. The lowest BCUT2D eigenvalue weighted by Crippen LogP contribution is -2.30. The molecule has 9 nitrogen and oxygen atoms in total. The van der Waals surface area contributed by atoms with Crippen LogP contribution < -0.4 is 16.6 Å². The Hall–Kier alpha value is -3.24. The number of anilines is 1. The van der Waals surface area contributed by atoms with Crippen molar-refractivity contribution in [1.29, 1.82) is 0 Å². The first-order chi connectivity index (χ1) is 15.4. The lowest BCUT2D eigenvalue weighted by atomic mass is 10.1. The fourth-order valence-electron chi connectivity index (χ4n) is 4.09. The van der Waals surface area contributed by atoms with E-state index in [0.717, 1.165) is 28.7 Å². The van der Waals surface area contributed by atoms with Crippen molar-refractivity contribution in [2.75, 3.05) is 11.9 Å². The molecule has 166 valence electrons. The Bertz CT molecular complexity index is 1460. The van der Waals surface area contributed by atoms with Crippen molar-refractivity contribution in [3.8, 4) is 0 Å². The summed E-state index contributed by atoms with van der Waals surface area (Å²) >= 11 is 1.29. The number of rotatable bonds is 5. The number of fused-ring (bicyclic) bond motifs is 3. The van der Waals surface area contributed by atoms with E-state index >= 15 is 0 Å². The molecule has 0 aliphatic carbocycles. The van der Waals surface area contributed by atoms with Crippen LogP contribution in [0.4, 0.5) is 5.69 Å². The fourth-order valence-corrected chi connectivity index (χ4v) is 4.91. The highest BCUT2D eigenvalue weighted by atomic mass is 32.1. The number of carbonyl (C=O) groups excluding carboxylic acids is 1. The summed E-state index contributed by atoms with van der Waals surface area (Å²) in [5.41, 5.74) is 2.49. The maximum atomic E-state index is 13.2. The first-order valence-corrected chi connectivity index (χ1v) is 11.4. The van der Waals surface area contributed by atoms with E-state index in [-0.39, 0.29) is 29.9 Å². The number of carbonyl (C=O) groups is 1. The van der Waals surface area contributed by atoms with Gasteiger partial charge >= 0.3 is 5.69 Å². The maximum Gasteiger partial charge on any atom is 0.352 e. The molecule has 0 unspecified atom stereocenters. The van der Waals surface area contributed by atoms with E-state index in [9.17, 15) is 14.4 Å². The maximum absolute atomic E-state index is 13.2. The molecule has 1 atom stereocenters. The van der Waals surface area contributed by atoms with Crippen molar-refractivity contribution in [2.45, 2.75) is 45.9 Å². The zero-order valence-electron chi connectivity index (χ0n) is 17.8. The lowest BCUT2D eigenvalue weighted by Gasteiger charge is -2.12. The summed E-state index contributed by atoms with van der Waals surface area (Å²) in [6, 6.07) is 7.51. The van der Waals surface area contributed by atoms with Crippen molar-refractivity contribution >= 4 is 38.9 Å². The van der Waals surface area contributed by atoms with Gasteiger partial charge in [-0.1, -0.05) is 12.1 Å². The zero-order chi connectivity index (χ0) is 22.4. The van der Waals surface area contributed by atoms with Crippen LogP contribution in [0.25, 0.3) is 16.0 Å². The molecule has 1 saturated heterocycles. The van der Waals surface area contributed by atoms with Gasteiger partial charge in [-0.25, -0.2) is 13.9 Å². The van der Waals surface area contributed by atoms with Crippen LogP contribution >= 0.6 is 11.3 Å². The molecule has 1 fully saturated rings. The first kappa shape index (κ1) is 20.7. The highest BCUT2D eigenvalue weighted by Crippen LogP contribution is 2.20. The fraction of sp³-hybridized carbons (Fsp3) is 0.364. The third kappa shape index (κ3) is 3.55. The van der Waals surface area contributed by atoms with Crippen molar-refractivity contribution in [2.24, 2.45) is 0 Å². The molecule has 1 aromatic carbocycles. The second kappa shape index (κ2) is 8.03. The van der Waals surface area contributed by atoms with Crippen LogP contribution in [0.1, 0.15) is 24.0 Å². The number of hydrogen-bond acceptors (Lipinski definition) is 6. The van der Waals surface area contributed by atoms with Gasteiger partial charge in [0, 0.05) is 12.3 Å². The van der Waals surface area contributed by atoms with Gasteiger partial charge in [0.05, 0.1) is 18.2 Å². The second-order valence-electron chi connectivity index (χ2n) is 8.13. The predicted molar refractivity (Wildman–Crippen MR) is 123 cm³/mol. The minimum Gasteiger partial charge on any atom is -0.376 e. The summed E-state index contributed by atoms with van der Waals surface area (Å²) < 4.78 is 10.2. The average molecular weight is 454 g/mol. The molecule has 1 aliphatic rings. The summed E-state index contributed by atoms with van der Waals surface area (Å²) in [4.78, 5) is 39.0. The van der Waals surface area contributed by atoms with Crippen molar-refractivity contribution < 1.29 is 9.53 Å². The number of aryl methyl sites for hydroxylation is 2. The molecule has 1 N–H and O–H groups in total. The summed E-state index contributed by atoms with van der Waals surface area (Å²) in [6.07, 6.45) is 1.70. The van der Waals surface area contributed by atoms with E-state index in [1.165, 1.54) is 20.3 Å². The van der Waals surface area contributed by atoms with Crippen LogP contribution in [0.15, 0.2) is 39.2 Å². The van der Waals surface area contributed by atoms with E-state index in [1.807, 2.05) is 32.0 Å². The van der Waals surface area contributed by atoms with E-state index in [4.69, 9.17) is 4.74 Å². The number of aromatic nitrogens is 4. The molecule has 32 heavy (non-hydrogen) atoms. The third-order valence-electron chi connectivity index (χ3n) is 5.76. The Kier molecular flexibility index (Phi) is 5.18. The van der Waals surface area contributed by atoms with E-state index in [0.29, 0.717) is 29.1 Å². The van der Waals surface area contributed by atoms with Gasteiger partial charge in [-0.2, -0.15) is 0 Å². The predicted octanol–water partition coefficient (Wildman–Crippen LogP) is 2.31. The molecule has 1 amide bonds. The molecule has 0 spiro atoms. The van der Waals surface area contributed by atoms with Gasteiger partial charge < -0.3 is 10.1 Å². The molecule has 4 aromatic rings. The van der Waals surface area contributed by atoms with Gasteiger partial charge in [-0.05, 0) is 55.3 Å². The number of thiophene rings is 1. The smallest absolute Gasteiger partial charge is 0.352 e. The van der Waals surface area contributed by atoms with E-state index in [2.05, 4.69) is 10.4 Å². The van der Waals surface area contributed by atoms with Crippen molar-refractivity contribution in [3.63, 3.8) is 0 Å². The molecular formula is C22H23N5O4S. The summed E-state index contributed by atoms with van der Waals surface area (Å²) in [5, 5.41) is 9.02. The van der Waals surface area contributed by atoms with Crippen LogP contribution in [0.2, 0.25) is 0 Å². The van der Waals surface area contributed by atoms with Gasteiger partial charge in [0.25, 0.3) is 5.56 Å². The Labute approximate surface area is 186 Å². The molecule has 0 radical (unpaired) electrons. The number of amides is 1. The molecule has 1 aliphatic heterocycles. The lowest BCUT2D eigenvalue weighted by molar-refractivity contribution is -0.117. The minimum atomic E-state index is -0.458. The molecule has 0 saturated carbocycles. The quantitative estimate of drug-likeness (QED) is 0.500. The largest absolute Gasteiger partial charge is 0.376 e. The van der Waals surface area contributed by atoms with Gasteiger partial charge in [0.1, 0.15) is 11.2 Å². The van der Waals surface area contributed by atoms with Gasteiger partial charge in [0.2, 0.25) is 11.7 Å². The number of nitrogens with one attached hydrogen (secondary N) is 1. The normalized spacial score (nSPS) is 16.2. The Morgan fingerprint density at radius 2 is 2.12 bits per heavy atom. The number of ether oxygens (including phenoxy) is 1. The number of benzene rings is 1. The Morgan fingerprint density at radius 3 is 2.91 bits per heavy atom. The van der Waals surface area contributed by atoms with Crippen LogP contribution in [0, 0.1) is 13.8 Å². The zero-order valence-corrected chi connectivity index (χ0v) is 18.6. The molecule has 10 heteroatoms. The second-order valence-corrected chi connectivity index (χ2v) is 9.04. The van der Waals surface area contributed by atoms with Crippen molar-refractivity contribution in [1.82, 2.24) is 18.7 Å². The van der Waals surface area contributed by atoms with Crippen LogP contribution in [0.5, 0.6) is 0 Å². The first-order valence-electron chi connectivity index (χ1n) is 10.5. The van der Waals surface area contributed by atoms with Crippen LogP contribution in [-0.4, -0.2) is 37.4 Å². The molecule has 4 heterocycles. The van der Waals surface area contributed by atoms with Crippen molar-refractivity contribution in [3.05, 3.63) is 61.6 Å². The van der Waals surface area contributed by atoms with Gasteiger partial charge in [0.15, 0.2) is 0 Å². The summed E-state index contributed by atoms with van der Waals surface area (Å²) in [7, 11) is 0. The molecule has 3 aromatic heterocycles. The van der Waals surface area contributed by atoms with Gasteiger partial charge in [-0.15, -0.1) is 16.4 Å². The number of hydrogen-bond donors (Lipinski definition) is 1. The summed E-state index contributed by atoms with van der Waals surface area (Å²) in [6.45, 7) is 4.58. The summed E-state index contributed by atoms with van der Waals surface area (Å²) in [5.74, 6) is -0.139. The highest BCUT2D eigenvalue weighted by molar-refractivity contribution is 7.17.